The number of nitrogens with zero attached hydrogens (tertiary/aromatic N) is 3. The van der Waals surface area contributed by atoms with E-state index >= 15 is 0 Å². The Balaban J connectivity index is 1.33. The number of halogens is 1. The molecule has 1 unspecified atom stereocenters. The van der Waals surface area contributed by atoms with Gasteiger partial charge in [-0.25, -0.2) is 13.9 Å². The van der Waals surface area contributed by atoms with Crippen molar-refractivity contribution in [3.63, 3.8) is 0 Å². The minimum absolute atomic E-state index is 0.00292. The van der Waals surface area contributed by atoms with Gasteiger partial charge in [-0.2, -0.15) is 5.10 Å². The molecule has 7 nitrogen and oxygen atoms in total. The van der Waals surface area contributed by atoms with E-state index in [1.807, 2.05) is 31.2 Å². The zero-order valence-corrected chi connectivity index (χ0v) is 18.1. The molecule has 168 valence electrons. The van der Waals surface area contributed by atoms with Crippen LogP contribution in [0.4, 0.5) is 4.39 Å². The van der Waals surface area contributed by atoms with Gasteiger partial charge >= 0.3 is 5.69 Å². The number of rotatable bonds is 7. The minimum Gasteiger partial charge on any atom is -0.494 e. The Bertz CT molecular complexity index is 1120. The number of hydrogen-bond acceptors (Lipinski definition) is 4. The maximum atomic E-state index is 13.1. The van der Waals surface area contributed by atoms with Crippen molar-refractivity contribution < 1.29 is 13.9 Å². The van der Waals surface area contributed by atoms with E-state index in [9.17, 15) is 14.0 Å². The average Bonchev–Trinajstić information content (AvgIpc) is 2.93. The molecule has 4 rings (SSSR count). The number of benzene rings is 2. The van der Waals surface area contributed by atoms with Crippen LogP contribution in [0.3, 0.4) is 0 Å². The van der Waals surface area contributed by atoms with Gasteiger partial charge in [0.2, 0.25) is 5.91 Å². The van der Waals surface area contributed by atoms with Crippen molar-refractivity contribution in [3.8, 4) is 5.75 Å². The van der Waals surface area contributed by atoms with Crippen molar-refractivity contribution in [3.05, 3.63) is 81.8 Å². The lowest BCUT2D eigenvalue weighted by Crippen LogP contribution is -2.36. The first-order valence-electron chi connectivity index (χ1n) is 10.9. The SMILES string of the molecule is CCOc1ccc(CC(=O)NC2CCc3nn(Cc4ccc(F)cc4)c(=O)n3CC2)cc1. The molecule has 8 heteroatoms. The molecular formula is C24H27FN4O3. The average molecular weight is 439 g/mol. The van der Waals surface area contributed by atoms with Crippen molar-refractivity contribution in [1.29, 1.82) is 0 Å². The lowest BCUT2D eigenvalue weighted by Gasteiger charge is -2.16. The first-order valence-corrected chi connectivity index (χ1v) is 10.9. The van der Waals surface area contributed by atoms with E-state index in [0.29, 0.717) is 39.0 Å². The highest BCUT2D eigenvalue weighted by Crippen LogP contribution is 2.15. The molecule has 0 saturated heterocycles. The van der Waals surface area contributed by atoms with Crippen molar-refractivity contribution in [2.24, 2.45) is 0 Å². The van der Waals surface area contributed by atoms with Crippen LogP contribution in [0.2, 0.25) is 0 Å². The smallest absolute Gasteiger partial charge is 0.346 e. The van der Waals surface area contributed by atoms with Crippen molar-refractivity contribution in [2.45, 2.75) is 51.7 Å². The highest BCUT2D eigenvalue weighted by molar-refractivity contribution is 5.78. The maximum Gasteiger partial charge on any atom is 0.346 e. The number of carbonyl (C=O) groups excluding carboxylic acids is 1. The van der Waals surface area contributed by atoms with E-state index in [1.165, 1.54) is 16.8 Å². The lowest BCUT2D eigenvalue weighted by atomic mass is 10.1. The molecule has 0 saturated carbocycles. The monoisotopic (exact) mass is 438 g/mol. The third-order valence-corrected chi connectivity index (χ3v) is 5.63. The molecule has 32 heavy (non-hydrogen) atoms. The number of hydrogen-bond donors (Lipinski definition) is 1. The molecule has 1 aromatic heterocycles. The summed E-state index contributed by atoms with van der Waals surface area (Å²) in [7, 11) is 0. The van der Waals surface area contributed by atoms with E-state index in [1.54, 1.807) is 16.7 Å². The third-order valence-electron chi connectivity index (χ3n) is 5.63. The predicted molar refractivity (Wildman–Crippen MR) is 118 cm³/mol. The fraction of sp³-hybridized carbons (Fsp3) is 0.375. The molecule has 1 aliphatic heterocycles. The van der Waals surface area contributed by atoms with E-state index in [0.717, 1.165) is 29.1 Å². The second-order valence-corrected chi connectivity index (χ2v) is 7.98. The quantitative estimate of drug-likeness (QED) is 0.615. The molecule has 2 heterocycles. The Morgan fingerprint density at radius 1 is 1.12 bits per heavy atom. The topological polar surface area (TPSA) is 78.2 Å². The van der Waals surface area contributed by atoms with Crippen LogP contribution >= 0.6 is 0 Å². The van der Waals surface area contributed by atoms with Crippen LogP contribution in [0.5, 0.6) is 5.75 Å². The summed E-state index contributed by atoms with van der Waals surface area (Å²) >= 11 is 0. The van der Waals surface area contributed by atoms with Crippen molar-refractivity contribution in [1.82, 2.24) is 19.7 Å². The summed E-state index contributed by atoms with van der Waals surface area (Å²) in [5, 5.41) is 7.58. The lowest BCUT2D eigenvalue weighted by molar-refractivity contribution is -0.121. The van der Waals surface area contributed by atoms with Crippen LogP contribution in [0.1, 0.15) is 36.7 Å². The van der Waals surface area contributed by atoms with Gasteiger partial charge in [-0.1, -0.05) is 24.3 Å². The largest absolute Gasteiger partial charge is 0.494 e. The molecule has 0 fully saturated rings. The Morgan fingerprint density at radius 2 is 1.84 bits per heavy atom. The van der Waals surface area contributed by atoms with Crippen LogP contribution in [-0.4, -0.2) is 32.9 Å². The second kappa shape index (κ2) is 9.80. The standard InChI is InChI=1S/C24H27FN4O3/c1-2-32-21-10-5-17(6-11-21)15-23(30)26-20-9-12-22-27-29(24(31)28(22)14-13-20)16-18-3-7-19(25)8-4-18/h3-8,10-11,20H,2,9,12-16H2,1H3,(H,26,30). The molecule has 1 atom stereocenters. The third kappa shape index (κ3) is 5.25. The molecule has 0 radical (unpaired) electrons. The van der Waals surface area contributed by atoms with Gasteiger partial charge in [0, 0.05) is 19.0 Å². The molecule has 1 N–H and O–H groups in total. The van der Waals surface area contributed by atoms with E-state index in [-0.39, 0.29) is 23.5 Å². The molecule has 1 aliphatic rings. The number of nitrogens with one attached hydrogen (secondary N) is 1. The number of ether oxygens (including phenoxy) is 1. The van der Waals surface area contributed by atoms with Crippen LogP contribution in [0, 0.1) is 5.82 Å². The normalized spacial score (nSPS) is 15.6. The summed E-state index contributed by atoms with van der Waals surface area (Å²) < 4.78 is 21.6. The van der Waals surface area contributed by atoms with Gasteiger partial charge in [-0.3, -0.25) is 9.36 Å². The molecule has 0 spiro atoms. The number of aromatic nitrogens is 3. The Kier molecular flexibility index (Phi) is 6.68. The van der Waals surface area contributed by atoms with Gasteiger partial charge in [-0.05, 0) is 55.2 Å². The van der Waals surface area contributed by atoms with Crippen molar-refractivity contribution in [2.75, 3.05) is 6.61 Å². The van der Waals surface area contributed by atoms with Gasteiger partial charge in [-0.15, -0.1) is 0 Å². The maximum absolute atomic E-state index is 13.1. The minimum atomic E-state index is -0.308. The van der Waals surface area contributed by atoms with Gasteiger partial charge in [0.15, 0.2) is 0 Å². The summed E-state index contributed by atoms with van der Waals surface area (Å²) in [5.41, 5.74) is 1.57. The van der Waals surface area contributed by atoms with E-state index in [4.69, 9.17) is 4.74 Å². The van der Waals surface area contributed by atoms with Crippen LogP contribution in [0.25, 0.3) is 0 Å². The fourth-order valence-corrected chi connectivity index (χ4v) is 3.97. The van der Waals surface area contributed by atoms with Crippen LogP contribution < -0.4 is 15.7 Å². The number of fused-ring (bicyclic) bond motifs is 1. The van der Waals surface area contributed by atoms with Gasteiger partial charge in [0.05, 0.1) is 19.6 Å². The number of amides is 1. The molecule has 0 aliphatic carbocycles. The van der Waals surface area contributed by atoms with Gasteiger partial charge in [0.1, 0.15) is 17.4 Å². The molecule has 0 bridgehead atoms. The fourth-order valence-electron chi connectivity index (χ4n) is 3.97. The first-order chi connectivity index (χ1) is 15.5. The van der Waals surface area contributed by atoms with Crippen LogP contribution in [-0.2, 0) is 30.7 Å². The summed E-state index contributed by atoms with van der Waals surface area (Å²) in [4.78, 5) is 25.3. The number of carbonyl (C=O) groups is 1. The molecule has 1 amide bonds. The molecular weight excluding hydrogens is 411 g/mol. The van der Waals surface area contributed by atoms with Gasteiger partial charge in [0.25, 0.3) is 0 Å². The predicted octanol–water partition coefficient (Wildman–Crippen LogP) is 2.69. The Labute approximate surface area is 185 Å². The summed E-state index contributed by atoms with van der Waals surface area (Å²) in [6.45, 7) is 3.35. The summed E-state index contributed by atoms with van der Waals surface area (Å²) in [6, 6.07) is 13.6. The van der Waals surface area contributed by atoms with E-state index in [2.05, 4.69) is 10.4 Å². The highest BCUT2D eigenvalue weighted by atomic mass is 19.1. The molecule has 3 aromatic rings. The Morgan fingerprint density at radius 3 is 2.56 bits per heavy atom. The first kappa shape index (κ1) is 21.8. The zero-order chi connectivity index (χ0) is 22.5. The van der Waals surface area contributed by atoms with E-state index < -0.39 is 0 Å². The summed E-state index contributed by atoms with van der Waals surface area (Å²) in [6.07, 6.45) is 2.31. The highest BCUT2D eigenvalue weighted by Gasteiger charge is 2.22. The zero-order valence-electron chi connectivity index (χ0n) is 18.1. The second-order valence-electron chi connectivity index (χ2n) is 7.98. The number of aryl methyl sites for hydroxylation is 1. The summed E-state index contributed by atoms with van der Waals surface area (Å²) in [5.74, 6) is 1.17. The van der Waals surface area contributed by atoms with Gasteiger partial charge < -0.3 is 10.1 Å². The Hall–Kier alpha value is -3.42. The van der Waals surface area contributed by atoms with Crippen molar-refractivity contribution >= 4 is 5.91 Å². The molecule has 2 aromatic carbocycles. The van der Waals surface area contributed by atoms with Crippen LogP contribution in [0.15, 0.2) is 53.3 Å².